The van der Waals surface area contributed by atoms with Gasteiger partial charge in [-0.25, -0.2) is 0 Å². The molecule has 23 heavy (non-hydrogen) atoms. The Morgan fingerprint density at radius 3 is 2.70 bits per heavy atom. The van der Waals surface area contributed by atoms with E-state index in [-0.39, 0.29) is 11.8 Å². The molecule has 2 aliphatic rings. The molecule has 3 rings (SSSR count). The van der Waals surface area contributed by atoms with Crippen molar-refractivity contribution in [2.24, 2.45) is 0 Å². The minimum Gasteiger partial charge on any atom is -0.472 e. The Bertz CT molecular complexity index is 588. The van der Waals surface area contributed by atoms with Gasteiger partial charge in [0, 0.05) is 32.7 Å². The number of amides is 2. The van der Waals surface area contributed by atoms with Crippen LogP contribution in [-0.4, -0.2) is 71.8 Å². The van der Waals surface area contributed by atoms with Crippen molar-refractivity contribution in [3.8, 4) is 0 Å². The minimum absolute atomic E-state index is 0.0255. The largest absolute Gasteiger partial charge is 0.472 e. The summed E-state index contributed by atoms with van der Waals surface area (Å²) in [6, 6.07) is 1.68. The van der Waals surface area contributed by atoms with Crippen molar-refractivity contribution in [1.82, 2.24) is 14.7 Å². The molecule has 0 unspecified atom stereocenters. The number of hydrogen-bond acceptors (Lipinski definition) is 4. The number of likely N-dealkylation sites (tertiary alicyclic amines) is 1. The molecule has 2 amide bonds. The van der Waals surface area contributed by atoms with Crippen LogP contribution in [0.2, 0.25) is 0 Å². The van der Waals surface area contributed by atoms with Crippen molar-refractivity contribution in [2.75, 3.05) is 39.8 Å². The number of furan rings is 1. The second-order valence-electron chi connectivity index (χ2n) is 6.30. The molecular formula is C17H23N3O3. The van der Waals surface area contributed by atoms with E-state index in [0.29, 0.717) is 38.0 Å². The highest BCUT2D eigenvalue weighted by molar-refractivity contribution is 5.94. The molecule has 0 radical (unpaired) electrons. The molecule has 0 N–H and O–H groups in total. The Morgan fingerprint density at radius 1 is 1.35 bits per heavy atom. The van der Waals surface area contributed by atoms with Gasteiger partial charge in [-0.2, -0.15) is 0 Å². The minimum atomic E-state index is -0.478. The third-order valence-electron chi connectivity index (χ3n) is 5.12. The fourth-order valence-corrected chi connectivity index (χ4v) is 3.62. The standard InChI is InChI=1S/C17H23N3O3/c1-3-7-20-11-10-18(2)17(16(20)22)5-8-19(9-6-17)15(21)14-4-12-23-13-14/h3-4,12-13H,1,5-11H2,2H3. The summed E-state index contributed by atoms with van der Waals surface area (Å²) < 4.78 is 4.99. The summed E-state index contributed by atoms with van der Waals surface area (Å²) in [7, 11) is 2.01. The Balaban J connectivity index is 1.72. The average molecular weight is 317 g/mol. The highest BCUT2D eigenvalue weighted by atomic mass is 16.3. The zero-order valence-corrected chi connectivity index (χ0v) is 13.5. The van der Waals surface area contributed by atoms with E-state index in [2.05, 4.69) is 11.5 Å². The predicted octanol–water partition coefficient (Wildman–Crippen LogP) is 1.21. The van der Waals surface area contributed by atoms with Gasteiger partial charge >= 0.3 is 0 Å². The van der Waals surface area contributed by atoms with Gasteiger partial charge in [-0.05, 0) is 26.0 Å². The first-order valence-electron chi connectivity index (χ1n) is 8.01. The molecule has 1 aromatic heterocycles. The van der Waals surface area contributed by atoms with Crippen LogP contribution in [0.4, 0.5) is 0 Å². The molecule has 0 atom stereocenters. The summed E-state index contributed by atoms with van der Waals surface area (Å²) in [5.41, 5.74) is 0.0894. The van der Waals surface area contributed by atoms with E-state index in [0.717, 1.165) is 13.1 Å². The molecular weight excluding hydrogens is 294 g/mol. The second-order valence-corrected chi connectivity index (χ2v) is 6.30. The summed E-state index contributed by atoms with van der Waals surface area (Å²) in [6.07, 6.45) is 6.08. The van der Waals surface area contributed by atoms with E-state index in [9.17, 15) is 9.59 Å². The maximum absolute atomic E-state index is 12.9. The first-order valence-corrected chi connectivity index (χ1v) is 8.01. The van der Waals surface area contributed by atoms with E-state index in [4.69, 9.17) is 4.42 Å². The molecule has 3 heterocycles. The van der Waals surface area contributed by atoms with Crippen LogP contribution in [0.3, 0.4) is 0 Å². The SMILES string of the molecule is C=CCN1CCN(C)C2(CCN(C(=O)c3ccoc3)CC2)C1=O. The van der Waals surface area contributed by atoms with Crippen molar-refractivity contribution in [3.63, 3.8) is 0 Å². The van der Waals surface area contributed by atoms with Gasteiger partial charge in [-0.1, -0.05) is 6.08 Å². The molecule has 0 aromatic carbocycles. The topological polar surface area (TPSA) is 57.0 Å². The zero-order chi connectivity index (χ0) is 16.4. The van der Waals surface area contributed by atoms with Crippen LogP contribution < -0.4 is 0 Å². The van der Waals surface area contributed by atoms with E-state index >= 15 is 0 Å². The van der Waals surface area contributed by atoms with Gasteiger partial charge in [0.1, 0.15) is 11.8 Å². The highest BCUT2D eigenvalue weighted by Crippen LogP contribution is 2.33. The molecule has 6 nitrogen and oxygen atoms in total. The van der Waals surface area contributed by atoms with Crippen LogP contribution in [0.1, 0.15) is 23.2 Å². The van der Waals surface area contributed by atoms with Gasteiger partial charge in [-0.15, -0.1) is 6.58 Å². The smallest absolute Gasteiger partial charge is 0.257 e. The predicted molar refractivity (Wildman–Crippen MR) is 86.0 cm³/mol. The lowest BCUT2D eigenvalue weighted by Gasteiger charge is -2.51. The van der Waals surface area contributed by atoms with Crippen molar-refractivity contribution in [1.29, 1.82) is 0 Å². The van der Waals surface area contributed by atoms with Gasteiger partial charge < -0.3 is 14.2 Å². The van der Waals surface area contributed by atoms with E-state index < -0.39 is 5.54 Å². The molecule has 0 saturated carbocycles. The Hall–Kier alpha value is -2.08. The van der Waals surface area contributed by atoms with Gasteiger partial charge in [0.25, 0.3) is 5.91 Å². The number of likely N-dealkylation sites (N-methyl/N-ethyl adjacent to an activating group) is 1. The number of hydrogen-bond donors (Lipinski definition) is 0. The molecule has 124 valence electrons. The molecule has 2 aliphatic heterocycles. The Morgan fingerprint density at radius 2 is 2.09 bits per heavy atom. The monoisotopic (exact) mass is 317 g/mol. The lowest BCUT2D eigenvalue weighted by Crippen LogP contribution is -2.67. The number of nitrogens with zero attached hydrogens (tertiary/aromatic N) is 3. The molecule has 1 aromatic rings. The van der Waals surface area contributed by atoms with Crippen LogP contribution in [0.15, 0.2) is 35.7 Å². The molecule has 6 heteroatoms. The zero-order valence-electron chi connectivity index (χ0n) is 13.5. The summed E-state index contributed by atoms with van der Waals surface area (Å²) in [6.45, 7) is 7.09. The maximum atomic E-state index is 12.9. The quantitative estimate of drug-likeness (QED) is 0.787. The first kappa shape index (κ1) is 15.8. The fraction of sp³-hybridized carbons (Fsp3) is 0.529. The number of rotatable bonds is 3. The molecule has 0 bridgehead atoms. The third-order valence-corrected chi connectivity index (χ3v) is 5.12. The normalized spacial score (nSPS) is 21.7. The first-order chi connectivity index (χ1) is 11.1. The average Bonchev–Trinajstić information content (AvgIpc) is 3.10. The summed E-state index contributed by atoms with van der Waals surface area (Å²) in [4.78, 5) is 31.2. The van der Waals surface area contributed by atoms with Crippen LogP contribution in [0.5, 0.6) is 0 Å². The van der Waals surface area contributed by atoms with E-state index in [1.54, 1.807) is 12.1 Å². The maximum Gasteiger partial charge on any atom is 0.257 e. The Labute approximate surface area is 136 Å². The fourth-order valence-electron chi connectivity index (χ4n) is 3.62. The number of piperidine rings is 1. The highest BCUT2D eigenvalue weighted by Gasteiger charge is 2.49. The third kappa shape index (κ3) is 2.67. The summed E-state index contributed by atoms with van der Waals surface area (Å²) in [5, 5.41) is 0. The second kappa shape index (κ2) is 6.20. The van der Waals surface area contributed by atoms with Crippen LogP contribution in [0.25, 0.3) is 0 Å². The molecule has 1 spiro atoms. The number of carbonyl (C=O) groups excluding carboxylic acids is 2. The van der Waals surface area contributed by atoms with Crippen LogP contribution in [-0.2, 0) is 4.79 Å². The van der Waals surface area contributed by atoms with E-state index in [1.807, 2.05) is 16.8 Å². The molecule has 2 saturated heterocycles. The van der Waals surface area contributed by atoms with Crippen molar-refractivity contribution in [3.05, 3.63) is 36.8 Å². The lowest BCUT2D eigenvalue weighted by atomic mass is 9.82. The molecule has 0 aliphatic carbocycles. The van der Waals surface area contributed by atoms with Crippen LogP contribution in [0, 0.1) is 0 Å². The van der Waals surface area contributed by atoms with Crippen molar-refractivity contribution >= 4 is 11.8 Å². The number of piperazine rings is 1. The van der Waals surface area contributed by atoms with Gasteiger partial charge in [0.15, 0.2) is 0 Å². The lowest BCUT2D eigenvalue weighted by molar-refractivity contribution is -0.153. The van der Waals surface area contributed by atoms with Gasteiger partial charge in [0.05, 0.1) is 11.8 Å². The molecule has 2 fully saturated rings. The van der Waals surface area contributed by atoms with E-state index in [1.165, 1.54) is 12.5 Å². The van der Waals surface area contributed by atoms with Crippen molar-refractivity contribution < 1.29 is 14.0 Å². The Kier molecular flexibility index (Phi) is 4.26. The van der Waals surface area contributed by atoms with Crippen LogP contribution >= 0.6 is 0 Å². The number of carbonyl (C=O) groups is 2. The van der Waals surface area contributed by atoms with Gasteiger partial charge in [-0.3, -0.25) is 14.5 Å². The summed E-state index contributed by atoms with van der Waals surface area (Å²) in [5.74, 6) is 0.143. The van der Waals surface area contributed by atoms with Gasteiger partial charge in [0.2, 0.25) is 5.91 Å². The summed E-state index contributed by atoms with van der Waals surface area (Å²) >= 11 is 0. The van der Waals surface area contributed by atoms with Crippen molar-refractivity contribution in [2.45, 2.75) is 18.4 Å².